The summed E-state index contributed by atoms with van der Waals surface area (Å²) in [6.45, 7) is 0. The van der Waals surface area contributed by atoms with Gasteiger partial charge >= 0.3 is 16.6 Å². The first kappa shape index (κ1) is 11.8. The summed E-state index contributed by atoms with van der Waals surface area (Å²) in [7, 11) is 1.42. The van der Waals surface area contributed by atoms with Crippen molar-refractivity contribution in [2.75, 3.05) is 7.11 Å². The molecule has 15 heavy (non-hydrogen) atoms. The topological polar surface area (TPSA) is 35.5 Å². The van der Waals surface area contributed by atoms with E-state index in [-0.39, 0.29) is 5.75 Å². The molecule has 0 spiro atoms. The average molecular weight is 240 g/mol. The van der Waals surface area contributed by atoms with E-state index in [9.17, 15) is 17.4 Å². The molecular formula is C8H7F3O3S. The van der Waals surface area contributed by atoms with Gasteiger partial charge in [-0.2, -0.15) is 13.2 Å². The summed E-state index contributed by atoms with van der Waals surface area (Å²) in [5, 5.41) is 0. The number of halogens is 3. The van der Waals surface area contributed by atoms with Gasteiger partial charge in [-0.25, -0.2) is 4.21 Å². The zero-order valence-corrected chi connectivity index (χ0v) is 8.39. The fourth-order valence-corrected chi connectivity index (χ4v) is 1.15. The minimum Gasteiger partial charge on any atom is -0.497 e. The van der Waals surface area contributed by atoms with Gasteiger partial charge in [0.1, 0.15) is 11.5 Å². The molecule has 0 amide bonds. The van der Waals surface area contributed by atoms with Gasteiger partial charge in [0.25, 0.3) is 0 Å². The van der Waals surface area contributed by atoms with E-state index in [0.717, 1.165) is 0 Å². The van der Waals surface area contributed by atoms with Gasteiger partial charge < -0.3 is 8.92 Å². The lowest BCUT2D eigenvalue weighted by atomic mass is 10.3. The van der Waals surface area contributed by atoms with Crippen LogP contribution < -0.4 is 8.92 Å². The summed E-state index contributed by atoms with van der Waals surface area (Å²) in [5.41, 5.74) is -4.88. The highest BCUT2D eigenvalue weighted by molar-refractivity contribution is 7.81. The number of methoxy groups -OCH3 is 1. The second-order valence-electron chi connectivity index (χ2n) is 2.44. The standard InChI is InChI=1S/C8H7F3O3S/c1-13-6-2-4-7(5-3-6)14-15(12)8(9,10)11/h2-5H,1H3. The molecule has 0 N–H and O–H groups in total. The Morgan fingerprint density at radius 3 is 2.00 bits per heavy atom. The smallest absolute Gasteiger partial charge is 0.497 e. The van der Waals surface area contributed by atoms with E-state index >= 15 is 0 Å². The van der Waals surface area contributed by atoms with Crippen LogP contribution in [-0.4, -0.2) is 16.8 Å². The van der Waals surface area contributed by atoms with Crippen LogP contribution in [0.4, 0.5) is 13.2 Å². The van der Waals surface area contributed by atoms with Crippen LogP contribution in [0.5, 0.6) is 11.5 Å². The van der Waals surface area contributed by atoms with Crippen molar-refractivity contribution in [1.29, 1.82) is 0 Å². The quantitative estimate of drug-likeness (QED) is 0.812. The van der Waals surface area contributed by atoms with E-state index in [1.54, 1.807) is 0 Å². The van der Waals surface area contributed by atoms with E-state index in [1.165, 1.54) is 31.4 Å². The Kier molecular flexibility index (Phi) is 3.57. The fourth-order valence-electron chi connectivity index (χ4n) is 0.766. The lowest BCUT2D eigenvalue weighted by Gasteiger charge is -2.07. The highest BCUT2D eigenvalue weighted by Gasteiger charge is 2.39. The summed E-state index contributed by atoms with van der Waals surface area (Å²) < 4.78 is 55.0. The van der Waals surface area contributed by atoms with Gasteiger partial charge in [0.2, 0.25) is 0 Å². The Morgan fingerprint density at radius 1 is 1.13 bits per heavy atom. The zero-order valence-electron chi connectivity index (χ0n) is 7.58. The van der Waals surface area contributed by atoms with Gasteiger partial charge in [-0.05, 0) is 24.3 Å². The summed E-state index contributed by atoms with van der Waals surface area (Å²) in [6, 6.07) is 5.29. The molecule has 1 unspecified atom stereocenters. The van der Waals surface area contributed by atoms with Crippen LogP contribution in [0.25, 0.3) is 0 Å². The molecule has 1 rings (SSSR count). The Balaban J connectivity index is 2.70. The van der Waals surface area contributed by atoms with E-state index < -0.39 is 16.6 Å². The third kappa shape index (κ3) is 3.43. The SMILES string of the molecule is COc1ccc(OS(=O)C(F)(F)F)cc1. The molecule has 3 nitrogen and oxygen atoms in total. The number of rotatable bonds is 3. The van der Waals surface area contributed by atoms with Crippen molar-refractivity contribution in [3.63, 3.8) is 0 Å². The van der Waals surface area contributed by atoms with Gasteiger partial charge in [0, 0.05) is 0 Å². The first-order valence-electron chi connectivity index (χ1n) is 3.74. The fraction of sp³-hybridized carbons (Fsp3) is 0.250. The molecule has 1 atom stereocenters. The maximum atomic E-state index is 11.8. The summed E-state index contributed by atoms with van der Waals surface area (Å²) in [6.07, 6.45) is 0. The molecule has 0 radical (unpaired) electrons. The largest absolute Gasteiger partial charge is 0.508 e. The summed E-state index contributed by atoms with van der Waals surface area (Å²) in [4.78, 5) is 0. The van der Waals surface area contributed by atoms with Crippen molar-refractivity contribution < 1.29 is 26.3 Å². The van der Waals surface area contributed by atoms with Gasteiger partial charge in [0.05, 0.1) is 7.11 Å². The number of hydrogen-bond donors (Lipinski definition) is 0. The van der Waals surface area contributed by atoms with Crippen molar-refractivity contribution in [3.8, 4) is 11.5 Å². The number of benzene rings is 1. The highest BCUT2D eigenvalue weighted by Crippen LogP contribution is 2.24. The molecular weight excluding hydrogens is 233 g/mol. The van der Waals surface area contributed by atoms with Crippen LogP contribution in [0.1, 0.15) is 0 Å². The molecule has 0 aromatic heterocycles. The van der Waals surface area contributed by atoms with E-state index in [2.05, 4.69) is 4.18 Å². The second-order valence-corrected chi connectivity index (χ2v) is 3.54. The second kappa shape index (κ2) is 4.52. The number of ether oxygens (including phenoxy) is 1. The van der Waals surface area contributed by atoms with Crippen LogP contribution in [0.2, 0.25) is 0 Å². The van der Waals surface area contributed by atoms with Crippen LogP contribution in [0.15, 0.2) is 24.3 Å². The Morgan fingerprint density at radius 2 is 1.60 bits per heavy atom. The third-order valence-electron chi connectivity index (χ3n) is 1.42. The normalized spacial score (nSPS) is 13.3. The molecule has 84 valence electrons. The van der Waals surface area contributed by atoms with Crippen molar-refractivity contribution in [2.45, 2.75) is 5.51 Å². The van der Waals surface area contributed by atoms with E-state index in [4.69, 9.17) is 4.74 Å². The minimum absolute atomic E-state index is 0.133. The molecule has 0 saturated heterocycles. The summed E-state index contributed by atoms with van der Waals surface area (Å²) >= 11 is -3.34. The molecule has 0 aliphatic heterocycles. The molecule has 0 heterocycles. The van der Waals surface area contributed by atoms with Gasteiger partial charge in [-0.1, -0.05) is 0 Å². The van der Waals surface area contributed by atoms with Crippen molar-refractivity contribution in [3.05, 3.63) is 24.3 Å². The van der Waals surface area contributed by atoms with Crippen molar-refractivity contribution in [1.82, 2.24) is 0 Å². The predicted octanol–water partition coefficient (Wildman–Crippen LogP) is 2.26. The molecule has 0 saturated carbocycles. The number of hydrogen-bond acceptors (Lipinski definition) is 3. The molecule has 0 bridgehead atoms. The molecule has 0 aliphatic rings. The Labute approximate surface area is 86.5 Å². The van der Waals surface area contributed by atoms with Gasteiger partial charge in [-0.15, -0.1) is 0 Å². The van der Waals surface area contributed by atoms with Gasteiger partial charge in [-0.3, -0.25) is 0 Å². The Hall–Kier alpha value is -1.24. The maximum Gasteiger partial charge on any atom is 0.508 e. The molecule has 0 fully saturated rings. The van der Waals surface area contributed by atoms with Crippen LogP contribution >= 0.6 is 0 Å². The first-order chi connectivity index (χ1) is 6.93. The predicted molar refractivity (Wildman–Crippen MR) is 47.8 cm³/mol. The first-order valence-corrected chi connectivity index (χ1v) is 4.82. The van der Waals surface area contributed by atoms with Crippen molar-refractivity contribution in [2.24, 2.45) is 0 Å². The monoisotopic (exact) mass is 240 g/mol. The molecule has 0 aliphatic carbocycles. The highest BCUT2D eigenvalue weighted by atomic mass is 32.2. The van der Waals surface area contributed by atoms with E-state index in [0.29, 0.717) is 5.75 Å². The molecule has 1 aromatic rings. The third-order valence-corrected chi connectivity index (χ3v) is 2.14. The zero-order chi connectivity index (χ0) is 11.5. The molecule has 1 aromatic carbocycles. The Bertz CT molecular complexity index is 347. The number of alkyl halides is 3. The van der Waals surface area contributed by atoms with Crippen LogP contribution in [-0.2, 0) is 11.1 Å². The lowest BCUT2D eigenvalue weighted by molar-refractivity contribution is -0.0437. The summed E-state index contributed by atoms with van der Waals surface area (Å²) in [5.74, 6) is 0.339. The van der Waals surface area contributed by atoms with Crippen molar-refractivity contribution >= 4 is 11.1 Å². The van der Waals surface area contributed by atoms with E-state index in [1.807, 2.05) is 0 Å². The molecule has 7 heteroatoms. The lowest BCUT2D eigenvalue weighted by Crippen LogP contribution is -2.20. The maximum absolute atomic E-state index is 11.8. The average Bonchev–Trinajstić information content (AvgIpc) is 2.17. The minimum atomic E-state index is -4.88. The van der Waals surface area contributed by atoms with Gasteiger partial charge in [0.15, 0.2) is 0 Å². The van der Waals surface area contributed by atoms with Crippen LogP contribution in [0, 0.1) is 0 Å². The van der Waals surface area contributed by atoms with Crippen LogP contribution in [0.3, 0.4) is 0 Å².